The fourth-order valence-electron chi connectivity index (χ4n) is 3.65. The molecule has 4 N–H and O–H groups in total. The first-order valence-electron chi connectivity index (χ1n) is 8.95. The van der Waals surface area contributed by atoms with Crippen LogP contribution < -0.4 is 10.4 Å². The number of hydrogen-bond donors (Lipinski definition) is 4. The van der Waals surface area contributed by atoms with Crippen molar-refractivity contribution in [3.8, 4) is 5.75 Å². The van der Waals surface area contributed by atoms with Crippen molar-refractivity contribution in [1.82, 2.24) is 0 Å². The minimum absolute atomic E-state index is 0.0931. The number of rotatable bonds is 3. The van der Waals surface area contributed by atoms with E-state index in [0.29, 0.717) is 10.9 Å². The summed E-state index contributed by atoms with van der Waals surface area (Å²) in [4.78, 5) is 23.3. The highest BCUT2D eigenvalue weighted by Crippen LogP contribution is 2.49. The summed E-state index contributed by atoms with van der Waals surface area (Å²) in [5.41, 5.74) is -6.56. The van der Waals surface area contributed by atoms with Gasteiger partial charge in [-0.05, 0) is 45.4 Å². The topological polar surface area (TPSA) is 147 Å². The molecule has 1 aliphatic heterocycles. The third kappa shape index (κ3) is 2.93. The highest BCUT2D eigenvalue weighted by Gasteiger charge is 2.73. The lowest BCUT2D eigenvalue weighted by atomic mass is 9.65. The Kier molecular flexibility index (Phi) is 4.59. The quantitative estimate of drug-likeness (QED) is 0.545. The van der Waals surface area contributed by atoms with Crippen LogP contribution in [0, 0.1) is 6.92 Å². The molecule has 3 rings (SSSR count). The molecule has 9 nitrogen and oxygen atoms in total. The standard InChI is InChI=1S/C20H24O9/c1-10-8-14(21)27-13-9-11(6-7-12(10)13)28-20(5)19(4,26)18(3,25)17(2,24)15(29-20)16(22)23/h6-9,15,24-26H,1-5H3,(H,22,23)/t15?,17-,18?,19?,20-/m1/s1. The molecular formula is C20H24O9. The molecule has 1 aromatic heterocycles. The second-order valence-corrected chi connectivity index (χ2v) is 8.08. The van der Waals surface area contributed by atoms with Crippen LogP contribution in [0.25, 0.3) is 11.0 Å². The van der Waals surface area contributed by atoms with E-state index in [1.54, 1.807) is 13.0 Å². The van der Waals surface area contributed by atoms with E-state index in [1.165, 1.54) is 32.0 Å². The number of benzene rings is 1. The molecule has 1 fully saturated rings. The Morgan fingerprint density at radius 2 is 1.69 bits per heavy atom. The van der Waals surface area contributed by atoms with Gasteiger partial charge in [0.2, 0.25) is 5.79 Å². The zero-order valence-corrected chi connectivity index (χ0v) is 16.7. The maximum Gasteiger partial charge on any atom is 0.336 e. The van der Waals surface area contributed by atoms with Crippen LogP contribution >= 0.6 is 0 Å². The van der Waals surface area contributed by atoms with Gasteiger partial charge in [0.25, 0.3) is 0 Å². The summed E-state index contributed by atoms with van der Waals surface area (Å²) >= 11 is 0. The second kappa shape index (κ2) is 6.27. The molecule has 2 heterocycles. The van der Waals surface area contributed by atoms with E-state index in [1.807, 2.05) is 0 Å². The minimum Gasteiger partial charge on any atom is -0.479 e. The third-order valence-corrected chi connectivity index (χ3v) is 6.13. The average molecular weight is 408 g/mol. The number of carbonyl (C=O) groups is 1. The molecule has 0 bridgehead atoms. The summed E-state index contributed by atoms with van der Waals surface area (Å²) in [7, 11) is 0. The number of carboxylic acid groups (broad SMARTS) is 1. The molecule has 29 heavy (non-hydrogen) atoms. The first-order valence-corrected chi connectivity index (χ1v) is 8.95. The number of aliphatic carboxylic acids is 1. The molecule has 0 aliphatic carbocycles. The predicted octanol–water partition coefficient (Wildman–Crippen LogP) is 0.933. The molecule has 1 aromatic carbocycles. The normalized spacial score (nSPS) is 37.4. The Balaban J connectivity index is 2.10. The summed E-state index contributed by atoms with van der Waals surface area (Å²) in [6.45, 7) is 6.34. The number of hydrogen-bond acceptors (Lipinski definition) is 8. The fourth-order valence-corrected chi connectivity index (χ4v) is 3.65. The van der Waals surface area contributed by atoms with Gasteiger partial charge >= 0.3 is 11.6 Å². The SMILES string of the molecule is Cc1cc(=O)oc2cc(O[C@]3(C)OC(C(=O)O)[C@@](C)(O)C(C)(O)C3(C)O)ccc12. The summed E-state index contributed by atoms with van der Waals surface area (Å²) in [5.74, 6) is -3.53. The Bertz CT molecular complexity index is 1030. The van der Waals surface area contributed by atoms with Crippen molar-refractivity contribution in [2.75, 3.05) is 0 Å². The van der Waals surface area contributed by atoms with Crippen LogP contribution in [0.2, 0.25) is 0 Å². The first kappa shape index (κ1) is 21.3. The highest BCUT2D eigenvalue weighted by molar-refractivity contribution is 5.81. The van der Waals surface area contributed by atoms with Gasteiger partial charge in [0.15, 0.2) is 11.7 Å². The van der Waals surface area contributed by atoms with Gasteiger partial charge in [-0.2, -0.15) is 0 Å². The molecule has 158 valence electrons. The van der Waals surface area contributed by atoms with E-state index in [4.69, 9.17) is 13.9 Å². The Morgan fingerprint density at radius 3 is 2.28 bits per heavy atom. The number of carboxylic acids is 1. The van der Waals surface area contributed by atoms with E-state index >= 15 is 0 Å². The van der Waals surface area contributed by atoms with E-state index in [9.17, 15) is 30.0 Å². The maximum atomic E-state index is 11.7. The summed E-state index contributed by atoms with van der Waals surface area (Å²) in [6.07, 6.45) is -1.90. The molecule has 0 saturated carbocycles. The Hall–Kier alpha value is -2.46. The lowest BCUT2D eigenvalue weighted by Gasteiger charge is -2.60. The van der Waals surface area contributed by atoms with Crippen molar-refractivity contribution in [1.29, 1.82) is 0 Å². The molecule has 0 amide bonds. The second-order valence-electron chi connectivity index (χ2n) is 8.08. The maximum absolute atomic E-state index is 11.7. The lowest BCUT2D eigenvalue weighted by molar-refractivity contribution is -0.407. The molecule has 9 heteroatoms. The average Bonchev–Trinajstić information content (AvgIpc) is 2.57. The smallest absolute Gasteiger partial charge is 0.336 e. The predicted molar refractivity (Wildman–Crippen MR) is 101 cm³/mol. The molecule has 0 spiro atoms. The van der Waals surface area contributed by atoms with Crippen molar-refractivity contribution < 1.29 is 39.1 Å². The van der Waals surface area contributed by atoms with Crippen molar-refractivity contribution in [3.63, 3.8) is 0 Å². The van der Waals surface area contributed by atoms with Gasteiger partial charge in [-0.25, -0.2) is 9.59 Å². The van der Waals surface area contributed by atoms with Crippen LogP contribution in [-0.2, 0) is 9.53 Å². The van der Waals surface area contributed by atoms with Crippen LogP contribution in [0.5, 0.6) is 5.75 Å². The summed E-state index contributed by atoms with van der Waals surface area (Å²) in [5, 5.41) is 42.8. The van der Waals surface area contributed by atoms with Crippen LogP contribution in [0.4, 0.5) is 0 Å². The molecule has 1 aliphatic rings. The summed E-state index contributed by atoms with van der Waals surface area (Å²) < 4.78 is 16.4. The molecular weight excluding hydrogens is 384 g/mol. The van der Waals surface area contributed by atoms with Gasteiger partial charge in [0, 0.05) is 24.4 Å². The van der Waals surface area contributed by atoms with Gasteiger partial charge in [-0.1, -0.05) is 0 Å². The monoisotopic (exact) mass is 408 g/mol. The molecule has 5 atom stereocenters. The van der Waals surface area contributed by atoms with Crippen LogP contribution in [0.15, 0.2) is 33.5 Å². The minimum atomic E-state index is -2.34. The number of aryl methyl sites for hydroxylation is 1. The zero-order chi connectivity index (χ0) is 22.0. The van der Waals surface area contributed by atoms with Crippen LogP contribution in [-0.4, -0.2) is 55.1 Å². The number of fused-ring (bicyclic) bond motifs is 1. The van der Waals surface area contributed by atoms with Crippen molar-refractivity contribution in [2.45, 2.75) is 63.3 Å². The van der Waals surface area contributed by atoms with Gasteiger partial charge < -0.3 is 34.3 Å². The molecule has 2 aromatic rings. The van der Waals surface area contributed by atoms with Gasteiger partial charge in [-0.3, -0.25) is 0 Å². The van der Waals surface area contributed by atoms with E-state index < -0.39 is 40.3 Å². The van der Waals surface area contributed by atoms with Crippen LogP contribution in [0.3, 0.4) is 0 Å². The van der Waals surface area contributed by atoms with Gasteiger partial charge in [0.1, 0.15) is 22.5 Å². The summed E-state index contributed by atoms with van der Waals surface area (Å²) in [6, 6.07) is 5.89. The van der Waals surface area contributed by atoms with E-state index in [0.717, 1.165) is 13.8 Å². The zero-order valence-electron chi connectivity index (χ0n) is 16.7. The van der Waals surface area contributed by atoms with Crippen molar-refractivity contribution >= 4 is 16.9 Å². The molecule has 3 unspecified atom stereocenters. The van der Waals surface area contributed by atoms with Crippen molar-refractivity contribution in [2.24, 2.45) is 0 Å². The Morgan fingerprint density at radius 1 is 1.07 bits per heavy atom. The first-order chi connectivity index (χ1) is 13.1. The lowest BCUT2D eigenvalue weighted by Crippen LogP contribution is -2.82. The number of ether oxygens (including phenoxy) is 2. The number of aliphatic hydroxyl groups is 3. The highest BCUT2D eigenvalue weighted by atomic mass is 16.7. The van der Waals surface area contributed by atoms with E-state index in [-0.39, 0.29) is 11.3 Å². The largest absolute Gasteiger partial charge is 0.479 e. The van der Waals surface area contributed by atoms with Crippen LogP contribution in [0.1, 0.15) is 33.3 Å². The molecule has 0 radical (unpaired) electrons. The van der Waals surface area contributed by atoms with Gasteiger partial charge in [-0.15, -0.1) is 0 Å². The Labute approximate surface area is 166 Å². The van der Waals surface area contributed by atoms with E-state index in [2.05, 4.69) is 0 Å². The molecule has 1 saturated heterocycles. The third-order valence-electron chi connectivity index (χ3n) is 6.13. The van der Waals surface area contributed by atoms with Crippen molar-refractivity contribution in [3.05, 3.63) is 40.2 Å². The fraction of sp³-hybridized carbons (Fsp3) is 0.500. The van der Waals surface area contributed by atoms with Gasteiger partial charge in [0.05, 0.1) is 0 Å².